The topological polar surface area (TPSA) is 84.9 Å². The number of esters is 2. The van der Waals surface area contributed by atoms with Crippen molar-refractivity contribution in [2.75, 3.05) is 33.1 Å². The lowest BCUT2D eigenvalue weighted by Gasteiger charge is -2.43. The number of anilines is 1. The van der Waals surface area contributed by atoms with E-state index in [1.54, 1.807) is 18.0 Å². The smallest absolute Gasteiger partial charge is 0.326 e. The van der Waals surface area contributed by atoms with Gasteiger partial charge in [-0.3, -0.25) is 19.3 Å². The van der Waals surface area contributed by atoms with Crippen LogP contribution in [0.1, 0.15) is 5.56 Å². The van der Waals surface area contributed by atoms with Crippen LogP contribution in [-0.2, 0) is 29.4 Å². The molecule has 0 aliphatic carbocycles. The third-order valence-corrected chi connectivity index (χ3v) is 8.48. The molecule has 174 valence electrons. The minimum atomic E-state index is -1.64. The zero-order valence-corrected chi connectivity index (χ0v) is 19.8. The standard InChI is InChI=1S/C26H24N2O5S/c1-28-15-20(22(29)32-2)26(24(31)33-3,25(28)19-10-6-7-11-21(19)27-23(25)30)34-18-13-12-16-8-4-5-9-17(16)14-18/h4-14,20H,15H2,1-3H3,(H,27,30)/t20-,25?,26-/m1/s1. The van der Waals surface area contributed by atoms with Crippen molar-refractivity contribution in [1.82, 2.24) is 4.90 Å². The van der Waals surface area contributed by atoms with Crippen molar-refractivity contribution in [3.63, 3.8) is 0 Å². The molecule has 1 spiro atoms. The molecule has 3 aromatic carbocycles. The van der Waals surface area contributed by atoms with Gasteiger partial charge in [-0.1, -0.05) is 48.5 Å². The molecule has 2 aliphatic rings. The first kappa shape index (κ1) is 22.4. The molecular weight excluding hydrogens is 452 g/mol. The van der Waals surface area contributed by atoms with Gasteiger partial charge in [0.15, 0.2) is 10.3 Å². The molecule has 1 fully saturated rings. The molecule has 7 nitrogen and oxygen atoms in total. The number of nitrogens with zero attached hydrogens (tertiary/aromatic N) is 1. The zero-order valence-electron chi connectivity index (χ0n) is 19.0. The Morgan fingerprint density at radius 3 is 2.44 bits per heavy atom. The second kappa shape index (κ2) is 8.14. The number of hydrogen-bond donors (Lipinski definition) is 1. The number of methoxy groups -OCH3 is 2. The van der Waals surface area contributed by atoms with E-state index in [4.69, 9.17) is 9.47 Å². The van der Waals surface area contributed by atoms with Crippen LogP contribution in [0.3, 0.4) is 0 Å². The summed E-state index contributed by atoms with van der Waals surface area (Å²) in [6.45, 7) is 0.143. The molecule has 34 heavy (non-hydrogen) atoms. The van der Waals surface area contributed by atoms with Gasteiger partial charge in [-0.15, -0.1) is 11.8 Å². The van der Waals surface area contributed by atoms with Crippen LogP contribution in [0.25, 0.3) is 10.8 Å². The van der Waals surface area contributed by atoms with E-state index in [1.165, 1.54) is 26.0 Å². The fourth-order valence-electron chi connectivity index (χ4n) is 5.49. The second-order valence-electron chi connectivity index (χ2n) is 8.50. The van der Waals surface area contributed by atoms with Gasteiger partial charge in [0.25, 0.3) is 5.91 Å². The van der Waals surface area contributed by atoms with Gasteiger partial charge in [0.05, 0.1) is 20.1 Å². The molecule has 1 amide bonds. The van der Waals surface area contributed by atoms with Crippen LogP contribution >= 0.6 is 11.8 Å². The van der Waals surface area contributed by atoms with E-state index < -0.39 is 28.1 Å². The van der Waals surface area contributed by atoms with Crippen molar-refractivity contribution in [1.29, 1.82) is 0 Å². The summed E-state index contributed by atoms with van der Waals surface area (Å²) < 4.78 is 8.86. The number of thioether (sulfide) groups is 1. The maximum Gasteiger partial charge on any atom is 0.326 e. The Morgan fingerprint density at radius 1 is 1.00 bits per heavy atom. The number of carbonyl (C=O) groups excluding carboxylic acids is 3. The third-order valence-electron chi connectivity index (χ3n) is 6.93. The van der Waals surface area contributed by atoms with Gasteiger partial charge in [0.2, 0.25) is 0 Å². The van der Waals surface area contributed by atoms with Crippen molar-refractivity contribution in [3.8, 4) is 0 Å². The first-order valence-electron chi connectivity index (χ1n) is 10.9. The number of rotatable bonds is 4. The van der Waals surface area contributed by atoms with Gasteiger partial charge in [0.1, 0.15) is 0 Å². The Balaban J connectivity index is 1.80. The summed E-state index contributed by atoms with van der Waals surface area (Å²) in [5, 5.41) is 4.97. The molecule has 1 N–H and O–H groups in total. The maximum absolute atomic E-state index is 13.8. The average Bonchev–Trinajstić information content (AvgIpc) is 3.31. The molecule has 0 aromatic heterocycles. The molecule has 0 bridgehead atoms. The SMILES string of the molecule is COC(=O)[C@H]1CN(C)C2(C(=O)Nc3ccccc32)[C@]1(Sc1ccc2ccccc2c1)C(=O)OC. The fourth-order valence-corrected chi connectivity index (χ4v) is 7.17. The molecule has 1 saturated heterocycles. The first-order chi connectivity index (χ1) is 16.4. The van der Waals surface area contributed by atoms with E-state index in [-0.39, 0.29) is 12.5 Å². The van der Waals surface area contributed by atoms with Crippen LogP contribution in [0.15, 0.2) is 71.6 Å². The van der Waals surface area contributed by atoms with Crippen molar-refractivity contribution in [2.45, 2.75) is 15.2 Å². The molecule has 0 saturated carbocycles. The highest BCUT2D eigenvalue weighted by Gasteiger charge is 2.77. The first-order valence-corrected chi connectivity index (χ1v) is 11.7. The third kappa shape index (κ3) is 2.85. The number of likely N-dealkylation sites (N-methyl/N-ethyl adjacent to an activating group) is 1. The van der Waals surface area contributed by atoms with Crippen LogP contribution in [-0.4, -0.2) is 55.3 Å². The Kier molecular flexibility index (Phi) is 5.37. The number of amides is 1. The van der Waals surface area contributed by atoms with Crippen LogP contribution in [0.5, 0.6) is 0 Å². The highest BCUT2D eigenvalue weighted by molar-refractivity contribution is 8.01. The Bertz CT molecular complexity index is 1330. The van der Waals surface area contributed by atoms with Gasteiger partial charge >= 0.3 is 11.9 Å². The monoisotopic (exact) mass is 476 g/mol. The summed E-state index contributed by atoms with van der Waals surface area (Å²) in [5.74, 6) is -2.55. The Labute approximate surface area is 201 Å². The van der Waals surface area contributed by atoms with E-state index in [0.717, 1.165) is 15.7 Å². The number of hydrogen-bond acceptors (Lipinski definition) is 7. The molecule has 5 rings (SSSR count). The largest absolute Gasteiger partial charge is 0.469 e. The number of carbonyl (C=O) groups is 3. The van der Waals surface area contributed by atoms with Gasteiger partial charge in [-0.05, 0) is 36.0 Å². The van der Waals surface area contributed by atoms with Gasteiger partial charge in [0, 0.05) is 22.7 Å². The second-order valence-corrected chi connectivity index (χ2v) is 9.82. The van der Waals surface area contributed by atoms with Crippen LogP contribution in [0.2, 0.25) is 0 Å². The number of nitrogens with one attached hydrogen (secondary N) is 1. The minimum absolute atomic E-state index is 0.143. The molecule has 0 radical (unpaired) electrons. The summed E-state index contributed by atoms with van der Waals surface area (Å²) >= 11 is 1.19. The normalized spacial score (nSPS) is 25.9. The Morgan fingerprint density at radius 2 is 1.71 bits per heavy atom. The summed E-state index contributed by atoms with van der Waals surface area (Å²) in [7, 11) is 4.33. The van der Waals surface area contributed by atoms with E-state index in [0.29, 0.717) is 11.3 Å². The van der Waals surface area contributed by atoms with Crippen LogP contribution in [0, 0.1) is 5.92 Å². The number of fused-ring (bicyclic) bond motifs is 3. The Hall–Kier alpha value is -3.36. The van der Waals surface area contributed by atoms with Gasteiger partial charge < -0.3 is 14.8 Å². The molecule has 3 atom stereocenters. The van der Waals surface area contributed by atoms with E-state index >= 15 is 0 Å². The predicted molar refractivity (Wildman–Crippen MR) is 129 cm³/mol. The van der Waals surface area contributed by atoms with Crippen LogP contribution in [0.4, 0.5) is 5.69 Å². The highest BCUT2D eigenvalue weighted by atomic mass is 32.2. The predicted octanol–water partition coefficient (Wildman–Crippen LogP) is 3.43. The quantitative estimate of drug-likeness (QED) is 0.578. The maximum atomic E-state index is 13.8. The lowest BCUT2D eigenvalue weighted by atomic mass is 9.74. The summed E-state index contributed by atoms with van der Waals surface area (Å²) in [6, 6.07) is 21.0. The number of para-hydroxylation sites is 1. The van der Waals surface area contributed by atoms with Crippen molar-refractivity contribution < 1.29 is 23.9 Å². The van der Waals surface area contributed by atoms with Crippen molar-refractivity contribution >= 4 is 46.1 Å². The number of likely N-dealkylation sites (tertiary alicyclic amines) is 1. The van der Waals surface area contributed by atoms with E-state index in [9.17, 15) is 14.4 Å². The molecule has 1 unspecified atom stereocenters. The van der Waals surface area contributed by atoms with Crippen molar-refractivity contribution in [2.24, 2.45) is 5.92 Å². The van der Waals surface area contributed by atoms with Gasteiger partial charge in [-0.25, -0.2) is 0 Å². The van der Waals surface area contributed by atoms with Gasteiger partial charge in [-0.2, -0.15) is 0 Å². The minimum Gasteiger partial charge on any atom is -0.469 e. The highest BCUT2D eigenvalue weighted by Crippen LogP contribution is 2.62. The summed E-state index contributed by atoms with van der Waals surface area (Å²) in [6.07, 6.45) is 0. The number of ether oxygens (including phenoxy) is 2. The lowest BCUT2D eigenvalue weighted by molar-refractivity contribution is -0.156. The zero-order chi connectivity index (χ0) is 24.1. The van der Waals surface area contributed by atoms with Crippen molar-refractivity contribution in [3.05, 3.63) is 72.3 Å². The average molecular weight is 477 g/mol. The molecule has 2 aliphatic heterocycles. The lowest BCUT2D eigenvalue weighted by Crippen LogP contribution is -2.63. The summed E-state index contributed by atoms with van der Waals surface area (Å²) in [4.78, 5) is 43.3. The molecular formula is C26H24N2O5S. The molecule has 8 heteroatoms. The number of benzene rings is 3. The van der Waals surface area contributed by atoms with E-state index in [1.807, 2.05) is 60.7 Å². The molecule has 2 heterocycles. The summed E-state index contributed by atoms with van der Waals surface area (Å²) in [5.41, 5.74) is -0.240. The van der Waals surface area contributed by atoms with Crippen LogP contribution < -0.4 is 5.32 Å². The molecule has 3 aromatic rings. The van der Waals surface area contributed by atoms with E-state index in [2.05, 4.69) is 5.32 Å². The fraction of sp³-hybridized carbons (Fsp3) is 0.269.